The van der Waals surface area contributed by atoms with Gasteiger partial charge in [0.2, 0.25) is 11.9 Å². The number of ether oxygens (including phenoxy) is 1. The van der Waals surface area contributed by atoms with Crippen LogP contribution in [0.3, 0.4) is 0 Å². The number of halogens is 2. The number of para-hydroxylation sites is 4. The van der Waals surface area contributed by atoms with Crippen molar-refractivity contribution in [2.75, 3.05) is 21.3 Å². The Morgan fingerprint density at radius 1 is 0.556 bits per heavy atom. The van der Waals surface area contributed by atoms with Crippen molar-refractivity contribution in [3.63, 3.8) is 0 Å². The van der Waals surface area contributed by atoms with Gasteiger partial charge in [0.25, 0.3) is 0 Å². The number of furan rings is 2. The van der Waals surface area contributed by atoms with Crippen LogP contribution in [0.4, 0.5) is 46.3 Å². The molecule has 0 aliphatic heterocycles. The molecule has 6 heterocycles. The second-order valence-corrected chi connectivity index (χ2v) is 14.7. The summed E-state index contributed by atoms with van der Waals surface area (Å²) < 4.78 is 18.0. The summed E-state index contributed by atoms with van der Waals surface area (Å²) in [6.07, 6.45) is 3.00. The predicted octanol–water partition coefficient (Wildman–Crippen LogP) is 10.6. The largest absolute Gasteiger partial charge is 0.457 e. The standard InChI is InChI=1S/C44H32Cl2N12O5/c45-29-19-47-43(49-23-9-13-31-27(17-23)39(57-55-31)37-15-11-25(21-59)61-37)53-41(29)51-33-5-1-3-7-35(33)63-36-8-4-2-6-34(36)52-42-30(46)20-48-44(54-42)50-24-10-14-32-28(18-24)40(58-56-32)38-16-12-26(22-60)62-38/h1-20,59-60H,21-22H2,(H,55,57)(H,56,58)(H2,47,49,51,53)(H2,48,50,52,54). The van der Waals surface area contributed by atoms with Crippen molar-refractivity contribution in [1.82, 2.24) is 40.3 Å². The summed E-state index contributed by atoms with van der Waals surface area (Å²) in [6, 6.07) is 33.0. The predicted molar refractivity (Wildman–Crippen MR) is 240 cm³/mol. The first-order valence-corrected chi connectivity index (χ1v) is 20.0. The Bertz CT molecular complexity index is 3060. The Labute approximate surface area is 366 Å². The minimum Gasteiger partial charge on any atom is -0.457 e. The molecule has 0 unspecified atom stereocenters. The third-order valence-corrected chi connectivity index (χ3v) is 10.3. The molecule has 0 atom stereocenters. The molecule has 4 aromatic carbocycles. The lowest BCUT2D eigenvalue weighted by Crippen LogP contribution is -2.03. The maximum absolute atomic E-state index is 9.46. The number of benzene rings is 4. The van der Waals surface area contributed by atoms with Crippen LogP contribution in [0, 0.1) is 0 Å². The summed E-state index contributed by atoms with van der Waals surface area (Å²) in [4.78, 5) is 18.2. The van der Waals surface area contributed by atoms with E-state index in [-0.39, 0.29) is 35.2 Å². The summed E-state index contributed by atoms with van der Waals surface area (Å²) in [5, 5.41) is 49.0. The van der Waals surface area contributed by atoms with Crippen LogP contribution in [-0.2, 0) is 13.2 Å². The highest BCUT2D eigenvalue weighted by molar-refractivity contribution is 6.33. The van der Waals surface area contributed by atoms with Gasteiger partial charge in [-0.2, -0.15) is 20.2 Å². The van der Waals surface area contributed by atoms with Crippen LogP contribution in [0.2, 0.25) is 10.0 Å². The maximum Gasteiger partial charge on any atom is 0.229 e. The van der Waals surface area contributed by atoms with Crippen molar-refractivity contribution >= 4 is 91.3 Å². The van der Waals surface area contributed by atoms with E-state index in [2.05, 4.69) is 61.6 Å². The number of aromatic nitrogens is 8. The van der Waals surface area contributed by atoms with Crippen molar-refractivity contribution in [1.29, 1.82) is 0 Å². The van der Waals surface area contributed by atoms with E-state index in [1.807, 2.05) is 84.9 Å². The van der Waals surface area contributed by atoms with Gasteiger partial charge in [0.1, 0.15) is 46.2 Å². The molecular weight excluding hydrogens is 847 g/mol. The maximum atomic E-state index is 9.46. The number of aliphatic hydroxyl groups is 2. The fourth-order valence-corrected chi connectivity index (χ4v) is 7.00. The average molecular weight is 880 g/mol. The first-order valence-electron chi connectivity index (χ1n) is 19.2. The average Bonchev–Trinajstić information content (AvgIpc) is 4.14. The molecule has 19 heteroatoms. The minimum atomic E-state index is -0.211. The fourth-order valence-electron chi connectivity index (χ4n) is 6.72. The number of H-pyrrole nitrogens is 2. The third-order valence-electron chi connectivity index (χ3n) is 9.73. The van der Waals surface area contributed by atoms with Crippen molar-refractivity contribution in [3.8, 4) is 34.4 Å². The molecule has 0 fully saturated rings. The molecule has 312 valence electrons. The smallest absolute Gasteiger partial charge is 0.229 e. The van der Waals surface area contributed by atoms with Crippen LogP contribution in [0.1, 0.15) is 11.5 Å². The molecule has 0 radical (unpaired) electrons. The molecule has 0 saturated heterocycles. The molecule has 10 aromatic rings. The zero-order chi connectivity index (χ0) is 42.9. The highest BCUT2D eigenvalue weighted by Crippen LogP contribution is 2.39. The number of nitrogens with zero attached hydrogens (tertiary/aromatic N) is 6. The summed E-state index contributed by atoms with van der Waals surface area (Å²) in [5.41, 5.74) is 5.34. The third kappa shape index (κ3) is 8.15. The Morgan fingerprint density at radius 2 is 1.02 bits per heavy atom. The molecular formula is C44H32Cl2N12O5. The zero-order valence-electron chi connectivity index (χ0n) is 32.5. The molecule has 63 heavy (non-hydrogen) atoms. The summed E-state index contributed by atoms with van der Waals surface area (Å²) >= 11 is 13.3. The molecule has 0 bridgehead atoms. The van der Waals surface area contributed by atoms with Gasteiger partial charge in [-0.3, -0.25) is 10.2 Å². The van der Waals surface area contributed by atoms with Crippen LogP contribution < -0.4 is 26.0 Å². The van der Waals surface area contributed by atoms with Gasteiger partial charge in [0.15, 0.2) is 34.7 Å². The van der Waals surface area contributed by atoms with E-state index in [9.17, 15) is 10.2 Å². The van der Waals surface area contributed by atoms with Crippen LogP contribution in [0.5, 0.6) is 11.5 Å². The van der Waals surface area contributed by atoms with Gasteiger partial charge >= 0.3 is 0 Å². The Hall–Kier alpha value is -7.96. The Kier molecular flexibility index (Phi) is 10.5. The van der Waals surface area contributed by atoms with Crippen LogP contribution in [0.15, 0.2) is 130 Å². The van der Waals surface area contributed by atoms with E-state index >= 15 is 0 Å². The molecule has 0 aliphatic rings. The van der Waals surface area contributed by atoms with Gasteiger partial charge in [-0.25, -0.2) is 9.97 Å². The quantitative estimate of drug-likeness (QED) is 0.0507. The minimum absolute atomic E-state index is 0.211. The van der Waals surface area contributed by atoms with E-state index in [4.69, 9.17) is 36.8 Å². The van der Waals surface area contributed by atoms with E-state index in [0.717, 1.165) is 21.8 Å². The van der Waals surface area contributed by atoms with Crippen molar-refractivity contribution < 1.29 is 23.8 Å². The number of aromatic amines is 2. The first-order chi connectivity index (χ1) is 30.9. The number of rotatable bonds is 14. The van der Waals surface area contributed by atoms with Crippen molar-refractivity contribution in [2.24, 2.45) is 0 Å². The number of hydrogen-bond donors (Lipinski definition) is 8. The lowest BCUT2D eigenvalue weighted by molar-refractivity contribution is 0.248. The van der Waals surface area contributed by atoms with Crippen LogP contribution in [0.25, 0.3) is 44.7 Å². The van der Waals surface area contributed by atoms with E-state index in [0.29, 0.717) is 80.3 Å². The van der Waals surface area contributed by atoms with E-state index < -0.39 is 0 Å². The molecule has 0 spiro atoms. The van der Waals surface area contributed by atoms with E-state index in [1.54, 1.807) is 24.3 Å². The molecule has 8 N–H and O–H groups in total. The van der Waals surface area contributed by atoms with Gasteiger partial charge in [0, 0.05) is 22.1 Å². The normalized spacial score (nSPS) is 11.3. The lowest BCUT2D eigenvalue weighted by Gasteiger charge is -2.17. The number of fused-ring (bicyclic) bond motifs is 2. The second-order valence-electron chi connectivity index (χ2n) is 13.9. The second kappa shape index (κ2) is 16.8. The van der Waals surface area contributed by atoms with Gasteiger partial charge in [-0.15, -0.1) is 0 Å². The monoisotopic (exact) mass is 878 g/mol. The number of aliphatic hydroxyl groups excluding tert-OH is 2. The lowest BCUT2D eigenvalue weighted by atomic mass is 10.1. The van der Waals surface area contributed by atoms with Gasteiger partial charge in [0.05, 0.1) is 34.8 Å². The molecule has 0 amide bonds. The summed E-state index contributed by atoms with van der Waals surface area (Å²) in [6.45, 7) is -0.421. The van der Waals surface area contributed by atoms with Crippen LogP contribution >= 0.6 is 23.2 Å². The highest BCUT2D eigenvalue weighted by atomic mass is 35.5. The number of hydrogen-bond acceptors (Lipinski definition) is 15. The van der Waals surface area contributed by atoms with Gasteiger partial charge in [-0.1, -0.05) is 47.5 Å². The summed E-state index contributed by atoms with van der Waals surface area (Å²) in [5.74, 6) is 4.12. The van der Waals surface area contributed by atoms with Crippen molar-refractivity contribution in [3.05, 3.63) is 143 Å². The molecule has 6 aromatic heterocycles. The SMILES string of the molecule is OCc1ccc(-c2n[nH]c3ccc(Nc4ncc(Cl)c(Nc5ccccc5Oc5ccccc5Nc5nc(Nc6ccc7[nH]nc(-c8ccc(CO)o8)c7c6)ncc5Cl)n4)cc23)o1. The summed E-state index contributed by atoms with van der Waals surface area (Å²) in [7, 11) is 0. The fraction of sp³-hybridized carbons (Fsp3) is 0.0455. The molecule has 0 aliphatic carbocycles. The van der Waals surface area contributed by atoms with Gasteiger partial charge < -0.3 is 45.1 Å². The number of anilines is 8. The number of nitrogens with one attached hydrogen (secondary N) is 6. The molecule has 17 nitrogen and oxygen atoms in total. The molecule has 10 rings (SSSR count). The highest BCUT2D eigenvalue weighted by Gasteiger charge is 2.18. The topological polar surface area (TPSA) is 233 Å². The zero-order valence-corrected chi connectivity index (χ0v) is 34.0. The first kappa shape index (κ1) is 39.2. The Balaban J connectivity index is 0.860. The Morgan fingerprint density at radius 3 is 1.46 bits per heavy atom. The van der Waals surface area contributed by atoms with Crippen LogP contribution in [-0.4, -0.2) is 50.5 Å². The van der Waals surface area contributed by atoms with Crippen molar-refractivity contribution in [2.45, 2.75) is 13.2 Å². The van der Waals surface area contributed by atoms with E-state index in [1.165, 1.54) is 12.4 Å². The molecule has 0 saturated carbocycles. The van der Waals surface area contributed by atoms with Gasteiger partial charge in [-0.05, 0) is 84.9 Å².